The number of carbonyl (C=O) groups is 2. The molecule has 7 heteroatoms. The molecule has 1 N–H and O–H groups in total. The van der Waals surface area contributed by atoms with Gasteiger partial charge >= 0.3 is 0 Å². The van der Waals surface area contributed by atoms with Crippen molar-refractivity contribution < 1.29 is 23.8 Å². The number of furan rings is 1. The zero-order chi connectivity index (χ0) is 22.1. The number of carbonyl (C=O) groups excluding carboxylic acids is 2. The second kappa shape index (κ2) is 8.59. The molecule has 164 valence electrons. The first-order chi connectivity index (χ1) is 14.9. The van der Waals surface area contributed by atoms with Crippen LogP contribution in [0.3, 0.4) is 0 Å². The van der Waals surface area contributed by atoms with E-state index in [1.807, 2.05) is 13.0 Å². The summed E-state index contributed by atoms with van der Waals surface area (Å²) in [5.74, 6) is -0.256. The molecule has 31 heavy (non-hydrogen) atoms. The second-order valence-corrected chi connectivity index (χ2v) is 7.99. The van der Waals surface area contributed by atoms with Crippen molar-refractivity contribution in [3.63, 3.8) is 0 Å². The van der Waals surface area contributed by atoms with Gasteiger partial charge in [-0.25, -0.2) is 0 Å². The smallest absolute Gasteiger partial charge is 0.295 e. The summed E-state index contributed by atoms with van der Waals surface area (Å²) in [7, 11) is 0. The number of hydrogen-bond acceptors (Lipinski definition) is 6. The number of aliphatic hydroxyl groups excluding tert-OH is 1. The number of Topliss-reactive ketones (excluding diaryl/α,β-unsaturated/α-hetero) is 1. The van der Waals surface area contributed by atoms with Gasteiger partial charge in [0.15, 0.2) is 0 Å². The molecule has 0 bridgehead atoms. The number of nitrogens with zero attached hydrogens (tertiary/aromatic N) is 2. The zero-order valence-corrected chi connectivity index (χ0v) is 18.1. The van der Waals surface area contributed by atoms with Gasteiger partial charge in [-0.3, -0.25) is 9.59 Å². The molecule has 1 amide bonds. The Labute approximate surface area is 181 Å². The normalized spacial score (nSPS) is 22.3. The van der Waals surface area contributed by atoms with E-state index < -0.39 is 17.7 Å². The van der Waals surface area contributed by atoms with Crippen molar-refractivity contribution in [3.05, 3.63) is 59.1 Å². The van der Waals surface area contributed by atoms with Gasteiger partial charge in [0.25, 0.3) is 11.7 Å². The molecule has 1 fully saturated rings. The maximum atomic E-state index is 13.0. The molecule has 0 saturated carbocycles. The van der Waals surface area contributed by atoms with E-state index in [9.17, 15) is 14.7 Å². The first kappa shape index (κ1) is 21.2. The number of likely N-dealkylation sites (tertiary alicyclic amines) is 1. The fourth-order valence-electron chi connectivity index (χ4n) is 4.37. The van der Waals surface area contributed by atoms with Crippen molar-refractivity contribution in [1.82, 2.24) is 9.80 Å². The number of benzene rings is 1. The first-order valence-corrected chi connectivity index (χ1v) is 10.8. The van der Waals surface area contributed by atoms with E-state index in [0.29, 0.717) is 24.4 Å². The Hall–Kier alpha value is -3.06. The van der Waals surface area contributed by atoms with Crippen molar-refractivity contribution in [3.8, 4) is 5.75 Å². The molecule has 2 aliphatic heterocycles. The Morgan fingerprint density at radius 1 is 1.23 bits per heavy atom. The minimum Gasteiger partial charge on any atom is -0.507 e. The van der Waals surface area contributed by atoms with Crippen molar-refractivity contribution in [1.29, 1.82) is 0 Å². The Bertz CT molecular complexity index is 1010. The minimum atomic E-state index is -0.756. The lowest BCUT2D eigenvalue weighted by Crippen LogP contribution is -2.37. The van der Waals surface area contributed by atoms with E-state index in [4.69, 9.17) is 9.15 Å². The summed E-state index contributed by atoms with van der Waals surface area (Å²) in [6.07, 6.45) is 2.31. The molecular weight excluding hydrogens is 396 g/mol. The third-order valence-electron chi connectivity index (χ3n) is 6.07. The molecule has 4 rings (SSSR count). The summed E-state index contributed by atoms with van der Waals surface area (Å²) in [5.41, 5.74) is 1.53. The van der Waals surface area contributed by atoms with Crippen LogP contribution >= 0.6 is 0 Å². The Morgan fingerprint density at radius 3 is 2.68 bits per heavy atom. The SMILES string of the molecule is CCN(CC)CCN1C(=O)C(=O)/C(=C(/O)c2ccc3c(c2)C[C@H](C)O3)[C@@H]1c1ccco1. The lowest BCUT2D eigenvalue weighted by molar-refractivity contribution is -0.140. The van der Waals surface area contributed by atoms with Gasteiger partial charge in [-0.2, -0.15) is 0 Å². The molecule has 0 radical (unpaired) electrons. The van der Waals surface area contributed by atoms with Crippen LogP contribution in [0.4, 0.5) is 0 Å². The van der Waals surface area contributed by atoms with Crippen LogP contribution in [0.25, 0.3) is 5.76 Å². The molecule has 1 aromatic carbocycles. The summed E-state index contributed by atoms with van der Waals surface area (Å²) in [6.45, 7) is 8.79. The Morgan fingerprint density at radius 2 is 2.00 bits per heavy atom. The van der Waals surface area contributed by atoms with E-state index >= 15 is 0 Å². The number of fused-ring (bicyclic) bond motifs is 1. The van der Waals surface area contributed by atoms with E-state index in [1.54, 1.807) is 24.3 Å². The maximum absolute atomic E-state index is 13.0. The average Bonchev–Trinajstić information content (AvgIpc) is 3.47. The fraction of sp³-hybridized carbons (Fsp3) is 0.417. The largest absolute Gasteiger partial charge is 0.507 e. The molecule has 1 saturated heterocycles. The summed E-state index contributed by atoms with van der Waals surface area (Å²) in [6, 6.07) is 8.03. The third kappa shape index (κ3) is 3.85. The van der Waals surface area contributed by atoms with Gasteiger partial charge in [0.05, 0.1) is 11.8 Å². The lowest BCUT2D eigenvalue weighted by Gasteiger charge is -2.26. The van der Waals surface area contributed by atoms with E-state index in [0.717, 1.165) is 30.8 Å². The monoisotopic (exact) mass is 424 g/mol. The van der Waals surface area contributed by atoms with Gasteiger partial charge in [-0.15, -0.1) is 0 Å². The molecule has 2 aromatic rings. The molecule has 0 unspecified atom stereocenters. The van der Waals surface area contributed by atoms with Crippen LogP contribution in [0.2, 0.25) is 0 Å². The zero-order valence-electron chi connectivity index (χ0n) is 18.1. The van der Waals surface area contributed by atoms with Crippen LogP contribution in [-0.4, -0.2) is 58.9 Å². The van der Waals surface area contributed by atoms with Crippen molar-refractivity contribution in [2.24, 2.45) is 0 Å². The van der Waals surface area contributed by atoms with Crippen molar-refractivity contribution >= 4 is 17.4 Å². The predicted octanol–water partition coefficient (Wildman–Crippen LogP) is 3.37. The quantitative estimate of drug-likeness (QED) is 0.417. The molecule has 2 atom stereocenters. The molecular formula is C24H28N2O5. The molecule has 3 heterocycles. The van der Waals surface area contributed by atoms with Crippen LogP contribution < -0.4 is 4.74 Å². The maximum Gasteiger partial charge on any atom is 0.295 e. The van der Waals surface area contributed by atoms with Crippen LogP contribution in [0.15, 0.2) is 46.6 Å². The highest BCUT2D eigenvalue weighted by Gasteiger charge is 2.47. The van der Waals surface area contributed by atoms with E-state index in [2.05, 4.69) is 18.7 Å². The number of likely N-dealkylation sites (N-methyl/N-ethyl adjacent to an activating group) is 1. The van der Waals surface area contributed by atoms with Crippen molar-refractivity contribution in [2.45, 2.75) is 39.3 Å². The van der Waals surface area contributed by atoms with Crippen LogP contribution in [0.1, 0.15) is 43.7 Å². The van der Waals surface area contributed by atoms with Gasteiger partial charge in [-0.05, 0) is 55.9 Å². The molecule has 7 nitrogen and oxygen atoms in total. The van der Waals surface area contributed by atoms with Gasteiger partial charge < -0.3 is 24.1 Å². The van der Waals surface area contributed by atoms with Gasteiger partial charge in [0.1, 0.15) is 29.4 Å². The standard InChI is InChI=1S/C24H28N2O5/c1-4-25(5-2)10-11-26-21(19-7-6-12-30-19)20(23(28)24(26)29)22(27)16-8-9-18-17(14-16)13-15(3)31-18/h6-9,12,14-15,21,27H,4-5,10-11,13H2,1-3H3/b22-20+/t15-,21-/m0/s1. The highest BCUT2D eigenvalue weighted by molar-refractivity contribution is 6.46. The highest BCUT2D eigenvalue weighted by atomic mass is 16.5. The third-order valence-corrected chi connectivity index (χ3v) is 6.07. The minimum absolute atomic E-state index is 0.0615. The Kier molecular flexibility index (Phi) is 5.87. The average molecular weight is 424 g/mol. The molecule has 2 aliphatic rings. The van der Waals surface area contributed by atoms with E-state index in [-0.39, 0.29) is 17.4 Å². The highest BCUT2D eigenvalue weighted by Crippen LogP contribution is 2.40. The lowest BCUT2D eigenvalue weighted by atomic mass is 9.97. The number of hydrogen-bond donors (Lipinski definition) is 1. The second-order valence-electron chi connectivity index (χ2n) is 7.99. The van der Waals surface area contributed by atoms with Gasteiger partial charge in [0, 0.05) is 25.1 Å². The number of aliphatic hydroxyl groups is 1. The predicted molar refractivity (Wildman–Crippen MR) is 116 cm³/mol. The number of rotatable bonds is 7. The summed E-state index contributed by atoms with van der Waals surface area (Å²) in [5, 5.41) is 11.1. The first-order valence-electron chi connectivity index (χ1n) is 10.8. The topological polar surface area (TPSA) is 83.2 Å². The number of ketones is 1. The number of ether oxygens (including phenoxy) is 1. The summed E-state index contributed by atoms with van der Waals surface area (Å²) < 4.78 is 11.3. The fourth-order valence-corrected chi connectivity index (χ4v) is 4.37. The van der Waals surface area contributed by atoms with Crippen LogP contribution in [0.5, 0.6) is 5.75 Å². The van der Waals surface area contributed by atoms with Gasteiger partial charge in [0.2, 0.25) is 0 Å². The number of amides is 1. The molecule has 1 aromatic heterocycles. The van der Waals surface area contributed by atoms with E-state index in [1.165, 1.54) is 11.2 Å². The van der Waals surface area contributed by atoms with Crippen LogP contribution in [-0.2, 0) is 16.0 Å². The summed E-state index contributed by atoms with van der Waals surface area (Å²) in [4.78, 5) is 29.6. The Balaban J connectivity index is 1.74. The molecule has 0 spiro atoms. The van der Waals surface area contributed by atoms with Gasteiger partial charge in [-0.1, -0.05) is 13.8 Å². The molecule has 0 aliphatic carbocycles. The van der Waals surface area contributed by atoms with Crippen LogP contribution in [0, 0.1) is 0 Å². The summed E-state index contributed by atoms with van der Waals surface area (Å²) >= 11 is 0. The van der Waals surface area contributed by atoms with Crippen molar-refractivity contribution in [2.75, 3.05) is 26.2 Å².